The summed E-state index contributed by atoms with van der Waals surface area (Å²) in [5.41, 5.74) is 4.10. The summed E-state index contributed by atoms with van der Waals surface area (Å²) in [6.45, 7) is 3.10. The first-order valence-electron chi connectivity index (χ1n) is 6.35. The molecule has 0 amide bonds. The number of hydrogen-bond acceptors (Lipinski definition) is 2. The van der Waals surface area contributed by atoms with Gasteiger partial charge in [-0.15, -0.1) is 0 Å². The van der Waals surface area contributed by atoms with E-state index in [2.05, 4.69) is 66.2 Å². The second-order valence-corrected chi connectivity index (χ2v) is 5.13. The lowest BCUT2D eigenvalue weighted by Crippen LogP contribution is -2.03. The zero-order valence-electron chi connectivity index (χ0n) is 10.7. The standard InChI is InChI=1S/C16H19NS/c1-2-14-8-10-15(11-9-14)12-17-18-13-16-6-4-3-5-7-16/h3-11,17H,2,12-13H2,1H3. The van der Waals surface area contributed by atoms with Crippen molar-refractivity contribution < 1.29 is 0 Å². The quantitative estimate of drug-likeness (QED) is 0.615. The lowest BCUT2D eigenvalue weighted by Gasteiger charge is -2.05. The van der Waals surface area contributed by atoms with Gasteiger partial charge in [0.25, 0.3) is 0 Å². The van der Waals surface area contributed by atoms with Crippen molar-refractivity contribution in [3.05, 3.63) is 71.3 Å². The van der Waals surface area contributed by atoms with Gasteiger partial charge in [0.15, 0.2) is 0 Å². The summed E-state index contributed by atoms with van der Waals surface area (Å²) in [4.78, 5) is 0. The van der Waals surface area contributed by atoms with Crippen LogP contribution in [0.1, 0.15) is 23.6 Å². The van der Waals surface area contributed by atoms with Crippen LogP contribution in [-0.4, -0.2) is 0 Å². The average molecular weight is 257 g/mol. The molecule has 0 unspecified atom stereocenters. The molecule has 2 rings (SSSR count). The lowest BCUT2D eigenvalue weighted by molar-refractivity contribution is 0.970. The fraction of sp³-hybridized carbons (Fsp3) is 0.250. The first kappa shape index (κ1) is 13.2. The summed E-state index contributed by atoms with van der Waals surface area (Å²) in [5.74, 6) is 1.01. The number of benzene rings is 2. The Bertz CT molecular complexity index is 450. The zero-order valence-corrected chi connectivity index (χ0v) is 11.5. The number of rotatable bonds is 6. The molecule has 0 heterocycles. The summed E-state index contributed by atoms with van der Waals surface area (Å²) >= 11 is 1.76. The molecule has 2 heteroatoms. The highest BCUT2D eigenvalue weighted by Gasteiger charge is 1.95. The SMILES string of the molecule is CCc1ccc(CNSCc2ccccc2)cc1. The van der Waals surface area contributed by atoms with Crippen molar-refractivity contribution in [1.29, 1.82) is 0 Å². The highest BCUT2D eigenvalue weighted by atomic mass is 32.2. The van der Waals surface area contributed by atoms with Crippen LogP contribution in [0.5, 0.6) is 0 Å². The van der Waals surface area contributed by atoms with Gasteiger partial charge in [0.1, 0.15) is 0 Å². The van der Waals surface area contributed by atoms with Crippen LogP contribution < -0.4 is 4.72 Å². The second-order valence-electron chi connectivity index (χ2n) is 4.27. The largest absolute Gasteiger partial charge is 0.259 e. The van der Waals surface area contributed by atoms with Gasteiger partial charge in [-0.2, -0.15) is 0 Å². The zero-order chi connectivity index (χ0) is 12.6. The summed E-state index contributed by atoms with van der Waals surface area (Å²) < 4.78 is 3.40. The molecule has 0 fully saturated rings. The van der Waals surface area contributed by atoms with Crippen LogP contribution >= 0.6 is 11.9 Å². The fourth-order valence-corrected chi connectivity index (χ4v) is 2.47. The van der Waals surface area contributed by atoms with Gasteiger partial charge < -0.3 is 0 Å². The molecule has 0 saturated carbocycles. The van der Waals surface area contributed by atoms with E-state index in [-0.39, 0.29) is 0 Å². The van der Waals surface area contributed by atoms with Crippen molar-refractivity contribution >= 4 is 11.9 Å². The third-order valence-corrected chi connectivity index (χ3v) is 3.72. The van der Waals surface area contributed by atoms with E-state index < -0.39 is 0 Å². The molecule has 2 aromatic carbocycles. The molecule has 94 valence electrons. The van der Waals surface area contributed by atoms with E-state index in [0.717, 1.165) is 18.7 Å². The second kappa shape index (κ2) is 7.24. The van der Waals surface area contributed by atoms with Crippen LogP contribution in [0.2, 0.25) is 0 Å². The summed E-state index contributed by atoms with van der Waals surface area (Å²) in [6.07, 6.45) is 1.11. The molecule has 0 spiro atoms. The topological polar surface area (TPSA) is 12.0 Å². The maximum atomic E-state index is 3.40. The first-order chi connectivity index (χ1) is 8.88. The summed E-state index contributed by atoms with van der Waals surface area (Å²) in [6, 6.07) is 19.4. The van der Waals surface area contributed by atoms with Crippen LogP contribution in [0, 0.1) is 0 Å². The predicted molar refractivity (Wildman–Crippen MR) is 80.4 cm³/mol. The highest BCUT2D eigenvalue weighted by Crippen LogP contribution is 2.10. The van der Waals surface area contributed by atoms with Gasteiger partial charge in [-0.1, -0.05) is 73.5 Å². The van der Waals surface area contributed by atoms with E-state index >= 15 is 0 Å². The molecule has 0 radical (unpaired) electrons. The molecule has 1 nitrogen and oxygen atoms in total. The molecule has 0 aromatic heterocycles. The van der Waals surface area contributed by atoms with E-state index in [1.807, 2.05) is 0 Å². The van der Waals surface area contributed by atoms with Crippen molar-refractivity contribution in [2.45, 2.75) is 25.6 Å². The Balaban J connectivity index is 1.72. The van der Waals surface area contributed by atoms with Crippen molar-refractivity contribution in [2.24, 2.45) is 0 Å². The Morgan fingerprint density at radius 1 is 0.833 bits per heavy atom. The molecule has 0 atom stereocenters. The molecule has 0 aliphatic carbocycles. The van der Waals surface area contributed by atoms with Crippen molar-refractivity contribution in [3.8, 4) is 0 Å². The fourth-order valence-electron chi connectivity index (χ4n) is 1.74. The van der Waals surface area contributed by atoms with Gasteiger partial charge in [0.05, 0.1) is 0 Å². The smallest absolute Gasteiger partial charge is 0.0330 e. The van der Waals surface area contributed by atoms with Gasteiger partial charge >= 0.3 is 0 Å². The van der Waals surface area contributed by atoms with Crippen molar-refractivity contribution in [3.63, 3.8) is 0 Å². The van der Waals surface area contributed by atoms with Crippen molar-refractivity contribution in [2.75, 3.05) is 0 Å². The Morgan fingerprint density at radius 2 is 1.50 bits per heavy atom. The van der Waals surface area contributed by atoms with E-state index in [9.17, 15) is 0 Å². The van der Waals surface area contributed by atoms with Gasteiger partial charge in [0, 0.05) is 12.3 Å². The van der Waals surface area contributed by atoms with Crippen LogP contribution in [0.3, 0.4) is 0 Å². The molecular formula is C16H19NS. The van der Waals surface area contributed by atoms with E-state index in [1.165, 1.54) is 16.7 Å². The van der Waals surface area contributed by atoms with Gasteiger partial charge in [0.2, 0.25) is 0 Å². The van der Waals surface area contributed by atoms with Gasteiger partial charge in [-0.3, -0.25) is 4.72 Å². The monoisotopic (exact) mass is 257 g/mol. The van der Waals surface area contributed by atoms with Crippen molar-refractivity contribution in [1.82, 2.24) is 4.72 Å². The molecule has 1 N–H and O–H groups in total. The molecular weight excluding hydrogens is 238 g/mol. The van der Waals surface area contributed by atoms with E-state index in [4.69, 9.17) is 0 Å². The molecule has 0 aliphatic heterocycles. The third-order valence-electron chi connectivity index (χ3n) is 2.89. The van der Waals surface area contributed by atoms with Gasteiger partial charge in [-0.25, -0.2) is 0 Å². The maximum absolute atomic E-state index is 3.40. The molecule has 18 heavy (non-hydrogen) atoms. The number of aryl methyl sites for hydroxylation is 1. The third kappa shape index (κ3) is 4.21. The summed E-state index contributed by atoms with van der Waals surface area (Å²) in [7, 11) is 0. The molecule has 2 aromatic rings. The minimum absolute atomic E-state index is 0.918. The average Bonchev–Trinajstić information content (AvgIpc) is 2.45. The van der Waals surface area contributed by atoms with Crippen LogP contribution in [0.25, 0.3) is 0 Å². The Morgan fingerprint density at radius 3 is 2.17 bits per heavy atom. The molecule has 0 saturated heterocycles. The van der Waals surface area contributed by atoms with Crippen LogP contribution in [-0.2, 0) is 18.7 Å². The Labute approximate surface area is 114 Å². The van der Waals surface area contributed by atoms with E-state index in [0.29, 0.717) is 0 Å². The maximum Gasteiger partial charge on any atom is 0.0330 e. The minimum atomic E-state index is 0.918. The van der Waals surface area contributed by atoms with Crippen LogP contribution in [0.15, 0.2) is 54.6 Å². The van der Waals surface area contributed by atoms with Crippen LogP contribution in [0.4, 0.5) is 0 Å². The highest BCUT2D eigenvalue weighted by molar-refractivity contribution is 7.96. The first-order valence-corrected chi connectivity index (χ1v) is 7.33. The van der Waals surface area contributed by atoms with Gasteiger partial charge in [-0.05, 0) is 23.1 Å². The normalized spacial score (nSPS) is 10.5. The Kier molecular flexibility index (Phi) is 5.31. The minimum Gasteiger partial charge on any atom is -0.259 e. The Hall–Kier alpha value is -1.25. The predicted octanol–water partition coefficient (Wildman–Crippen LogP) is 4.19. The number of nitrogens with one attached hydrogen (secondary N) is 1. The summed E-state index contributed by atoms with van der Waals surface area (Å²) in [5, 5.41) is 0. The van der Waals surface area contributed by atoms with E-state index in [1.54, 1.807) is 11.9 Å². The lowest BCUT2D eigenvalue weighted by atomic mass is 10.1. The number of hydrogen-bond donors (Lipinski definition) is 1. The molecule has 0 aliphatic rings. The molecule has 0 bridgehead atoms.